The highest BCUT2D eigenvalue weighted by molar-refractivity contribution is 5.78. The summed E-state index contributed by atoms with van der Waals surface area (Å²) >= 11 is 0. The molecule has 0 aromatic carbocycles. The van der Waals surface area contributed by atoms with Crippen molar-refractivity contribution >= 4 is 72.4 Å². The first-order valence-electron chi connectivity index (χ1n) is 36.3. The smallest absolute Gasteiger partial charge is 0.407 e. The average Bonchev–Trinajstić information content (AvgIpc) is 0.861. The molecule has 0 aliphatic heterocycles. The lowest BCUT2D eigenvalue weighted by Crippen LogP contribution is -2.46. The minimum atomic E-state index is -1.69. The van der Waals surface area contributed by atoms with Crippen LogP contribution >= 0.6 is 0 Å². The van der Waals surface area contributed by atoms with Gasteiger partial charge >= 0.3 is 48.7 Å². The predicted octanol–water partition coefficient (Wildman–Crippen LogP) is -1.65. The molecule has 0 radical (unpaired) electrons. The van der Waals surface area contributed by atoms with Crippen molar-refractivity contribution in [3.05, 3.63) is 0 Å². The van der Waals surface area contributed by atoms with Gasteiger partial charge in [-0.1, -0.05) is 0 Å². The van der Waals surface area contributed by atoms with Gasteiger partial charge in [0.2, 0.25) is 23.6 Å². The van der Waals surface area contributed by atoms with Crippen LogP contribution in [0.4, 0.5) is 74.6 Å². The Hall–Kier alpha value is -9.32. The average molecular weight is 1800 g/mol. The Morgan fingerprint density at radius 1 is 0.215 bits per heavy atom. The topological polar surface area (TPSA) is 608 Å². The number of halogens is 8. The van der Waals surface area contributed by atoms with Crippen LogP contribution < -0.4 is 63.8 Å². The van der Waals surface area contributed by atoms with E-state index in [-0.39, 0.29) is 105 Å². The van der Waals surface area contributed by atoms with Gasteiger partial charge in [0.1, 0.15) is 106 Å². The maximum atomic E-state index is 13.7. The van der Waals surface area contributed by atoms with E-state index in [9.17, 15) is 93.7 Å². The molecule has 52 nitrogen and oxygen atoms in total. The zero-order valence-corrected chi connectivity index (χ0v) is 65.3. The second kappa shape index (κ2) is 80.4. The molecule has 0 atom stereocenters. The molecule has 0 aromatic heterocycles. The monoisotopic (exact) mass is 1800 g/mol. The minimum Gasteiger partial charge on any atom is -0.447 e. The first-order valence-corrected chi connectivity index (χ1v) is 36.3. The molecule has 12 amide bonds. The Morgan fingerprint density at radius 3 is 0.554 bits per heavy atom. The Kier molecular flexibility index (Phi) is 74.2. The molecule has 0 aromatic rings. The third-order valence-corrected chi connectivity index (χ3v) is 13.6. The second-order valence-corrected chi connectivity index (χ2v) is 23.2. The fourth-order valence-electron chi connectivity index (χ4n) is 8.18. The summed E-state index contributed by atoms with van der Waals surface area (Å²) in [7, 11) is 0. The molecule has 0 aliphatic rings. The summed E-state index contributed by atoms with van der Waals surface area (Å²) in [6.07, 6.45) is -10.9. The van der Waals surface area contributed by atoms with Gasteiger partial charge in [0.25, 0.3) is 0 Å². The first kappa shape index (κ1) is 112. The van der Waals surface area contributed by atoms with E-state index >= 15 is 0 Å². The first-order chi connectivity index (χ1) is 58.7. The molecular formula is C61H104F8N12O40. The largest absolute Gasteiger partial charge is 0.447 e. The number of hydrogen-bond acceptors (Lipinski definition) is 40. The number of alkyl carbamates (subject to hydrolysis) is 8. The molecule has 0 rings (SSSR count). The van der Waals surface area contributed by atoms with Gasteiger partial charge in [-0.2, -0.15) is 19.8 Å². The van der Waals surface area contributed by atoms with Crippen molar-refractivity contribution in [1.82, 2.24) is 63.8 Å². The summed E-state index contributed by atoms with van der Waals surface area (Å²) in [5.74, 6) is -3.41. The molecule has 0 heterocycles. The zero-order valence-electron chi connectivity index (χ0n) is 65.3. The zero-order chi connectivity index (χ0) is 89.1. The standard InChI is InChI=1S/C61H104F8N12O40/c62-110-29-25-94-17-5-70-53(86)102-33-45(34-103-54(87)71-6-18-95-26-30-111-63)78-49(82)1-13-98-41-61(43-100-15-3-51(84)80-47(37-106-57(90)74-9-21-114-118-66)38-107-58(91)75-10-22-115-119-67,44-101-16-4-52(85)81-48(39-108-59(92)76-11-23-116-120-68)40-109-60(93)77-12-24-117-121-69)42-99-14-2-50(83)79-46(35-104-55(88)72-7-19-96-27-31-112-64)36-105-56(89)73-8-20-97-28-32-113-65/h45-48H,1-44H2,(H,70,86)(H,71,87)(H,72,88)(H,73,89)(H,74,90)(H,75,91)(H,76,92)(H,77,93)(H,78,82)(H,79,83)(H,80,84)(H,81,85). The van der Waals surface area contributed by atoms with E-state index in [2.05, 4.69) is 123 Å². The van der Waals surface area contributed by atoms with Crippen LogP contribution in [0.5, 0.6) is 0 Å². The molecule has 121 heavy (non-hydrogen) atoms. The van der Waals surface area contributed by atoms with Crippen LogP contribution in [0.3, 0.4) is 0 Å². The molecule has 0 fully saturated rings. The summed E-state index contributed by atoms with van der Waals surface area (Å²) < 4.78 is 182. The van der Waals surface area contributed by atoms with Crippen LogP contribution in [0.2, 0.25) is 0 Å². The van der Waals surface area contributed by atoms with Crippen molar-refractivity contribution in [1.29, 1.82) is 0 Å². The van der Waals surface area contributed by atoms with Crippen molar-refractivity contribution in [2.24, 2.45) is 5.41 Å². The Labute approximate surface area is 683 Å². The second-order valence-electron chi connectivity index (χ2n) is 23.2. The van der Waals surface area contributed by atoms with E-state index in [1.807, 2.05) is 0 Å². The predicted molar refractivity (Wildman–Crippen MR) is 371 cm³/mol. The molecule has 12 N–H and O–H groups in total. The number of amides is 12. The Balaban J connectivity index is 7.53. The molecule has 0 bridgehead atoms. The Bertz CT molecular complexity index is 2430. The summed E-state index contributed by atoms with van der Waals surface area (Å²) in [5.41, 5.74) is -1.69. The van der Waals surface area contributed by atoms with E-state index in [0.29, 0.717) is 0 Å². The molecular weight excluding hydrogens is 1690 g/mol. The maximum Gasteiger partial charge on any atom is 0.407 e. The van der Waals surface area contributed by atoms with E-state index in [1.54, 1.807) is 0 Å². The molecule has 0 unspecified atom stereocenters. The minimum absolute atomic E-state index is 0.111. The quantitative estimate of drug-likeness (QED) is 0.0107. The lowest BCUT2D eigenvalue weighted by Gasteiger charge is -2.33. The third kappa shape index (κ3) is 72.1. The highest BCUT2D eigenvalue weighted by atomic mass is 19.3. The van der Waals surface area contributed by atoms with Gasteiger partial charge in [-0.3, -0.25) is 19.2 Å². The van der Waals surface area contributed by atoms with Crippen LogP contribution in [0.15, 0.2) is 0 Å². The molecule has 0 aliphatic carbocycles. The number of rotatable bonds is 80. The van der Waals surface area contributed by atoms with Crippen LogP contribution in [0.1, 0.15) is 25.7 Å². The third-order valence-electron chi connectivity index (χ3n) is 13.6. The lowest BCUT2D eigenvalue weighted by atomic mass is 9.92. The molecule has 0 saturated carbocycles. The van der Waals surface area contributed by atoms with Crippen LogP contribution in [-0.4, -0.2) is 360 Å². The van der Waals surface area contributed by atoms with Gasteiger partial charge in [-0.25, -0.2) is 57.9 Å². The van der Waals surface area contributed by atoms with Gasteiger partial charge < -0.3 is 140 Å². The maximum absolute atomic E-state index is 13.7. The number of nitrogens with one attached hydrogen (secondary N) is 12. The van der Waals surface area contributed by atoms with E-state index in [1.165, 1.54) is 0 Å². The molecule has 60 heteroatoms. The summed E-state index contributed by atoms with van der Waals surface area (Å²) in [5, 5.41) is 39.9. The molecule has 0 saturated heterocycles. The van der Waals surface area contributed by atoms with Gasteiger partial charge in [-0.15, -0.1) is 0 Å². The number of ether oxygens (including phenoxy) is 16. The van der Waals surface area contributed by atoms with Crippen molar-refractivity contribution in [3.63, 3.8) is 0 Å². The number of hydrogen-bond donors (Lipinski definition) is 12. The summed E-state index contributed by atoms with van der Waals surface area (Å²) in [4.78, 5) is 185. The molecule has 0 spiro atoms. The SMILES string of the molecule is O=C(CCOCC(COCCC(=O)NC(COC(=O)NCCOCCOF)COC(=O)NCCOCCOF)(COCCC(=O)NC(COC(=O)NCCOOF)COC(=O)NCCOOF)COCCC(=O)NC(COC(=O)NCCOOF)COC(=O)NCCOOF)NC(COC(=O)NCCOCCOF)COC(=O)NCCOCCOF. The van der Waals surface area contributed by atoms with Crippen LogP contribution in [0, 0.1) is 5.41 Å². The van der Waals surface area contributed by atoms with E-state index in [4.69, 9.17) is 75.8 Å². The fraction of sp³-hybridized carbons (Fsp3) is 0.803. The van der Waals surface area contributed by atoms with Crippen LogP contribution in [-0.2, 0) is 155 Å². The van der Waals surface area contributed by atoms with Crippen molar-refractivity contribution in [2.45, 2.75) is 49.9 Å². The Morgan fingerprint density at radius 2 is 0.388 bits per heavy atom. The van der Waals surface area contributed by atoms with Crippen molar-refractivity contribution in [3.8, 4) is 0 Å². The van der Waals surface area contributed by atoms with Crippen molar-refractivity contribution in [2.75, 3.05) is 264 Å². The van der Waals surface area contributed by atoms with Crippen LogP contribution in [0.25, 0.3) is 0 Å². The number of carbonyl (C=O) groups is 12. The normalized spacial score (nSPS) is 11.1. The van der Waals surface area contributed by atoms with E-state index in [0.717, 1.165) is 0 Å². The van der Waals surface area contributed by atoms with Gasteiger partial charge in [-0.05, 0) is 56.6 Å². The van der Waals surface area contributed by atoms with Gasteiger partial charge in [0.15, 0.2) is 0 Å². The van der Waals surface area contributed by atoms with E-state index < -0.39 is 286 Å². The molecule has 704 valence electrons. The highest BCUT2D eigenvalue weighted by Gasteiger charge is 2.34. The summed E-state index contributed by atoms with van der Waals surface area (Å²) in [6.45, 7) is -16.3. The van der Waals surface area contributed by atoms with Gasteiger partial charge in [0, 0.05) is 78.0 Å². The highest BCUT2D eigenvalue weighted by Crippen LogP contribution is 2.22. The van der Waals surface area contributed by atoms with Crippen molar-refractivity contribution < 1.29 is 229 Å². The summed E-state index contributed by atoms with van der Waals surface area (Å²) in [6, 6.07) is -5.22. The fourth-order valence-corrected chi connectivity index (χ4v) is 8.18. The lowest BCUT2D eigenvalue weighted by molar-refractivity contribution is -0.428. The number of carbonyl (C=O) groups excluding carboxylic acids is 12. The van der Waals surface area contributed by atoms with Gasteiger partial charge in [0.05, 0.1) is 135 Å².